The first-order valence-corrected chi connectivity index (χ1v) is 7.86. The number of hydrogen-bond acceptors (Lipinski definition) is 3. The van der Waals surface area contributed by atoms with Gasteiger partial charge in [-0.05, 0) is 55.4 Å². The predicted molar refractivity (Wildman–Crippen MR) is 84.5 cm³/mol. The fourth-order valence-corrected chi connectivity index (χ4v) is 3.33. The highest BCUT2D eigenvalue weighted by atomic mass is 16.5. The lowest BCUT2D eigenvalue weighted by Gasteiger charge is -2.06. The van der Waals surface area contributed by atoms with E-state index in [4.69, 9.17) is 0 Å². The van der Waals surface area contributed by atoms with Crippen molar-refractivity contribution in [2.24, 2.45) is 17.8 Å². The van der Waals surface area contributed by atoms with Gasteiger partial charge in [0.2, 0.25) is 5.91 Å². The normalized spacial score (nSPS) is 26.3. The zero-order chi connectivity index (χ0) is 15.5. The Hall–Kier alpha value is -2.10. The van der Waals surface area contributed by atoms with Crippen LogP contribution in [0.4, 0.5) is 5.69 Å². The number of fused-ring (bicyclic) bond motifs is 1. The van der Waals surface area contributed by atoms with E-state index in [0.29, 0.717) is 17.4 Å². The van der Waals surface area contributed by atoms with Crippen molar-refractivity contribution in [3.8, 4) is 0 Å². The van der Waals surface area contributed by atoms with Gasteiger partial charge in [-0.15, -0.1) is 0 Å². The van der Waals surface area contributed by atoms with Crippen molar-refractivity contribution in [1.29, 1.82) is 0 Å². The Labute approximate surface area is 130 Å². The van der Waals surface area contributed by atoms with Crippen LogP contribution in [0.1, 0.15) is 36.0 Å². The van der Waals surface area contributed by atoms with Crippen LogP contribution in [-0.4, -0.2) is 19.0 Å². The van der Waals surface area contributed by atoms with Crippen LogP contribution in [0.2, 0.25) is 0 Å². The van der Waals surface area contributed by atoms with E-state index in [9.17, 15) is 9.59 Å². The van der Waals surface area contributed by atoms with Crippen LogP contribution >= 0.6 is 0 Å². The van der Waals surface area contributed by atoms with Crippen LogP contribution in [0.5, 0.6) is 0 Å². The molecule has 0 aromatic heterocycles. The van der Waals surface area contributed by atoms with Gasteiger partial charge >= 0.3 is 5.97 Å². The molecule has 22 heavy (non-hydrogen) atoms. The third-order valence-electron chi connectivity index (χ3n) is 4.62. The zero-order valence-electron chi connectivity index (χ0n) is 12.7. The molecular formula is C18H21NO3. The first kappa shape index (κ1) is 14.8. The van der Waals surface area contributed by atoms with E-state index in [0.717, 1.165) is 18.5 Å². The number of benzene rings is 1. The quantitative estimate of drug-likeness (QED) is 0.687. The van der Waals surface area contributed by atoms with E-state index in [-0.39, 0.29) is 17.8 Å². The Bertz CT molecular complexity index is 591. The summed E-state index contributed by atoms with van der Waals surface area (Å²) in [4.78, 5) is 23.8. The highest BCUT2D eigenvalue weighted by Crippen LogP contribution is 2.51. The maximum Gasteiger partial charge on any atom is 0.337 e. The van der Waals surface area contributed by atoms with Gasteiger partial charge in [0.1, 0.15) is 0 Å². The average molecular weight is 299 g/mol. The smallest absolute Gasteiger partial charge is 0.337 e. The highest BCUT2D eigenvalue weighted by Gasteiger charge is 2.52. The standard InChI is InChI=1S/C18H21NO3/c1-22-18(21)12-8-10-13(11-9-12)19-17(20)16-14-6-4-2-3-5-7-15(14)16/h4,6,8-11,14-16H,2-3,5,7H2,1H3,(H,19,20)/t14-,15-,16+/m0/s1. The van der Waals surface area contributed by atoms with Gasteiger partial charge in [-0.2, -0.15) is 0 Å². The molecule has 0 heterocycles. The molecule has 1 saturated carbocycles. The molecule has 3 rings (SSSR count). The lowest BCUT2D eigenvalue weighted by atomic mass is 10.1. The maximum atomic E-state index is 12.4. The van der Waals surface area contributed by atoms with Crippen molar-refractivity contribution in [1.82, 2.24) is 0 Å². The lowest BCUT2D eigenvalue weighted by Crippen LogP contribution is -2.15. The Balaban J connectivity index is 1.61. The van der Waals surface area contributed by atoms with Crippen LogP contribution < -0.4 is 5.32 Å². The molecule has 3 atom stereocenters. The zero-order valence-corrected chi connectivity index (χ0v) is 12.7. The molecule has 2 aliphatic rings. The SMILES string of the molecule is COC(=O)c1ccc(NC(=O)[C@@H]2[C@H]3C=CCCCC[C@@H]32)cc1. The van der Waals surface area contributed by atoms with E-state index in [1.165, 1.54) is 20.0 Å². The summed E-state index contributed by atoms with van der Waals surface area (Å²) in [6, 6.07) is 6.81. The van der Waals surface area contributed by atoms with Crippen LogP contribution in [0.3, 0.4) is 0 Å². The average Bonchev–Trinajstić information content (AvgIpc) is 3.18. The number of esters is 1. The second kappa shape index (κ2) is 6.34. The summed E-state index contributed by atoms with van der Waals surface area (Å²) in [5.41, 5.74) is 1.21. The first-order chi connectivity index (χ1) is 10.7. The van der Waals surface area contributed by atoms with Crippen molar-refractivity contribution in [2.75, 3.05) is 12.4 Å². The molecule has 0 radical (unpaired) electrons. The number of ether oxygens (including phenoxy) is 1. The Morgan fingerprint density at radius 1 is 1.18 bits per heavy atom. The molecule has 2 aliphatic carbocycles. The molecule has 0 saturated heterocycles. The number of rotatable bonds is 3. The largest absolute Gasteiger partial charge is 0.465 e. The molecule has 0 aliphatic heterocycles. The molecular weight excluding hydrogens is 278 g/mol. The summed E-state index contributed by atoms with van der Waals surface area (Å²) in [7, 11) is 1.35. The van der Waals surface area contributed by atoms with Gasteiger partial charge in [0.15, 0.2) is 0 Å². The molecule has 0 spiro atoms. The summed E-state index contributed by atoms with van der Waals surface area (Å²) in [6.45, 7) is 0. The fraction of sp³-hybridized carbons (Fsp3) is 0.444. The topological polar surface area (TPSA) is 55.4 Å². The number of allylic oxidation sites excluding steroid dienone is 2. The molecule has 1 aromatic rings. The van der Waals surface area contributed by atoms with Crippen molar-refractivity contribution in [3.05, 3.63) is 42.0 Å². The van der Waals surface area contributed by atoms with Gasteiger partial charge in [0.05, 0.1) is 12.7 Å². The van der Waals surface area contributed by atoms with Crippen LogP contribution in [0.15, 0.2) is 36.4 Å². The van der Waals surface area contributed by atoms with Crippen LogP contribution in [0.25, 0.3) is 0 Å². The van der Waals surface area contributed by atoms with E-state index in [2.05, 4.69) is 22.2 Å². The predicted octanol–water partition coefficient (Wildman–Crippen LogP) is 3.40. The molecule has 1 N–H and O–H groups in total. The molecule has 1 amide bonds. The highest BCUT2D eigenvalue weighted by molar-refractivity contribution is 5.96. The molecule has 116 valence electrons. The lowest BCUT2D eigenvalue weighted by molar-refractivity contribution is -0.117. The number of methoxy groups -OCH3 is 1. The minimum atomic E-state index is -0.372. The van der Waals surface area contributed by atoms with E-state index in [1.807, 2.05) is 0 Å². The number of nitrogens with one attached hydrogen (secondary N) is 1. The Morgan fingerprint density at radius 3 is 2.68 bits per heavy atom. The van der Waals surface area contributed by atoms with Gasteiger partial charge in [0, 0.05) is 11.6 Å². The molecule has 4 heteroatoms. The summed E-state index contributed by atoms with van der Waals surface area (Å²) >= 11 is 0. The van der Waals surface area contributed by atoms with E-state index in [1.54, 1.807) is 24.3 Å². The van der Waals surface area contributed by atoms with E-state index < -0.39 is 0 Å². The molecule has 1 aromatic carbocycles. The van der Waals surface area contributed by atoms with Crippen molar-refractivity contribution < 1.29 is 14.3 Å². The summed E-state index contributed by atoms with van der Waals surface area (Å²) in [5, 5.41) is 2.96. The molecule has 1 fully saturated rings. The number of anilines is 1. The van der Waals surface area contributed by atoms with Gasteiger partial charge in [0.25, 0.3) is 0 Å². The van der Waals surface area contributed by atoms with Crippen molar-refractivity contribution in [2.45, 2.75) is 25.7 Å². The molecule has 4 nitrogen and oxygen atoms in total. The van der Waals surface area contributed by atoms with E-state index >= 15 is 0 Å². The minimum Gasteiger partial charge on any atom is -0.465 e. The number of carbonyl (C=O) groups is 2. The Kier molecular flexibility index (Phi) is 4.27. The summed E-state index contributed by atoms with van der Waals surface area (Å²) in [6.07, 6.45) is 9.15. The number of hydrogen-bond donors (Lipinski definition) is 1. The monoisotopic (exact) mass is 299 g/mol. The van der Waals surface area contributed by atoms with Gasteiger partial charge in [-0.1, -0.05) is 18.6 Å². The second-order valence-electron chi connectivity index (χ2n) is 6.04. The fourth-order valence-electron chi connectivity index (χ4n) is 3.33. The third-order valence-corrected chi connectivity index (χ3v) is 4.62. The first-order valence-electron chi connectivity index (χ1n) is 7.86. The summed E-state index contributed by atoms with van der Waals surface area (Å²) < 4.78 is 4.66. The maximum absolute atomic E-state index is 12.4. The Morgan fingerprint density at radius 2 is 1.95 bits per heavy atom. The third kappa shape index (κ3) is 3.06. The number of carbonyl (C=O) groups excluding carboxylic acids is 2. The van der Waals surface area contributed by atoms with Crippen molar-refractivity contribution >= 4 is 17.6 Å². The minimum absolute atomic E-state index is 0.0902. The second-order valence-corrected chi connectivity index (χ2v) is 6.04. The summed E-state index contributed by atoms with van der Waals surface area (Å²) in [5.74, 6) is 0.742. The molecule has 0 unspecified atom stereocenters. The van der Waals surface area contributed by atoms with Gasteiger partial charge in [-0.3, -0.25) is 4.79 Å². The van der Waals surface area contributed by atoms with Crippen LogP contribution in [0, 0.1) is 17.8 Å². The van der Waals surface area contributed by atoms with Gasteiger partial charge in [-0.25, -0.2) is 4.79 Å². The molecule has 0 bridgehead atoms. The van der Waals surface area contributed by atoms with Crippen molar-refractivity contribution in [3.63, 3.8) is 0 Å². The van der Waals surface area contributed by atoms with Gasteiger partial charge < -0.3 is 10.1 Å². The number of amides is 1. The van der Waals surface area contributed by atoms with Crippen LogP contribution in [-0.2, 0) is 9.53 Å².